The average Bonchev–Trinajstić information content (AvgIpc) is 2.90. The number of H-pyrrole nitrogens is 1. The second-order valence-electron chi connectivity index (χ2n) is 4.38. The minimum atomic E-state index is -4.46. The van der Waals surface area contributed by atoms with Gasteiger partial charge in [0.15, 0.2) is 0 Å². The fourth-order valence-electron chi connectivity index (χ4n) is 1.92. The number of anilines is 2. The summed E-state index contributed by atoms with van der Waals surface area (Å²) in [6.07, 6.45) is -0.513. The summed E-state index contributed by atoms with van der Waals surface area (Å²) in [7, 11) is 0. The standard InChI is InChI=1S/C13H15F3N4/c1-2-11(12-18-5-6-19-12)20-8-3-4-10(17)9(7-8)13(14,15)16/h3-7,11,20H,2,17H2,1H3,(H,18,19). The predicted octanol–water partition coefficient (Wildman–Crippen LogP) is 3.57. The Bertz CT molecular complexity index is 563. The molecule has 0 aliphatic carbocycles. The van der Waals surface area contributed by atoms with Crippen molar-refractivity contribution in [2.75, 3.05) is 11.1 Å². The summed E-state index contributed by atoms with van der Waals surface area (Å²) in [5.41, 5.74) is 4.60. The number of aromatic amines is 1. The number of hydrogen-bond donors (Lipinski definition) is 3. The van der Waals surface area contributed by atoms with Crippen LogP contribution in [0.4, 0.5) is 24.5 Å². The van der Waals surface area contributed by atoms with Gasteiger partial charge in [-0.3, -0.25) is 0 Å². The van der Waals surface area contributed by atoms with E-state index < -0.39 is 11.7 Å². The minimum absolute atomic E-state index is 0.185. The second-order valence-corrected chi connectivity index (χ2v) is 4.38. The number of nitrogens with two attached hydrogens (primary N) is 1. The SMILES string of the molecule is CCC(Nc1ccc(N)c(C(F)(F)F)c1)c1ncc[nH]1. The molecule has 108 valence electrons. The van der Waals surface area contributed by atoms with E-state index in [1.807, 2.05) is 6.92 Å². The molecule has 4 N–H and O–H groups in total. The van der Waals surface area contributed by atoms with Gasteiger partial charge in [0.25, 0.3) is 0 Å². The lowest BCUT2D eigenvalue weighted by Crippen LogP contribution is -2.13. The fraction of sp³-hybridized carbons (Fsp3) is 0.308. The maximum Gasteiger partial charge on any atom is 0.418 e. The van der Waals surface area contributed by atoms with Crippen molar-refractivity contribution in [3.63, 3.8) is 0 Å². The molecule has 0 saturated carbocycles. The molecule has 2 aromatic rings. The van der Waals surface area contributed by atoms with Crippen LogP contribution in [0.2, 0.25) is 0 Å². The first-order valence-corrected chi connectivity index (χ1v) is 6.14. The first kappa shape index (κ1) is 14.2. The number of rotatable bonds is 4. The maximum absolute atomic E-state index is 12.8. The molecule has 0 amide bonds. The van der Waals surface area contributed by atoms with Crippen molar-refractivity contribution in [3.05, 3.63) is 42.0 Å². The largest absolute Gasteiger partial charge is 0.418 e. The van der Waals surface area contributed by atoms with E-state index in [0.717, 1.165) is 6.07 Å². The Balaban J connectivity index is 2.25. The van der Waals surface area contributed by atoms with E-state index in [0.29, 0.717) is 17.9 Å². The van der Waals surface area contributed by atoms with Gasteiger partial charge >= 0.3 is 6.18 Å². The Morgan fingerprint density at radius 1 is 1.40 bits per heavy atom. The molecule has 4 nitrogen and oxygen atoms in total. The van der Waals surface area contributed by atoms with Gasteiger partial charge in [0.05, 0.1) is 11.6 Å². The van der Waals surface area contributed by atoms with Crippen molar-refractivity contribution < 1.29 is 13.2 Å². The molecule has 1 unspecified atom stereocenters. The normalized spacial score (nSPS) is 13.2. The highest BCUT2D eigenvalue weighted by Crippen LogP contribution is 2.35. The third-order valence-corrected chi connectivity index (χ3v) is 2.96. The molecule has 0 fully saturated rings. The lowest BCUT2D eigenvalue weighted by Gasteiger charge is -2.18. The van der Waals surface area contributed by atoms with Crippen LogP contribution < -0.4 is 11.1 Å². The zero-order valence-corrected chi connectivity index (χ0v) is 10.8. The Labute approximate surface area is 114 Å². The Hall–Kier alpha value is -2.18. The summed E-state index contributed by atoms with van der Waals surface area (Å²) in [5, 5.41) is 3.02. The van der Waals surface area contributed by atoms with Crippen LogP contribution in [0.5, 0.6) is 0 Å². The van der Waals surface area contributed by atoms with E-state index >= 15 is 0 Å². The molecule has 1 atom stereocenters. The number of benzene rings is 1. The summed E-state index contributed by atoms with van der Waals surface area (Å²) >= 11 is 0. The summed E-state index contributed by atoms with van der Waals surface area (Å²) in [6.45, 7) is 1.92. The van der Waals surface area contributed by atoms with Gasteiger partial charge in [0, 0.05) is 23.8 Å². The van der Waals surface area contributed by atoms with Gasteiger partial charge in [-0.2, -0.15) is 13.2 Å². The molecule has 20 heavy (non-hydrogen) atoms. The molecule has 1 aromatic carbocycles. The Kier molecular flexibility index (Phi) is 3.87. The monoisotopic (exact) mass is 284 g/mol. The molecule has 0 spiro atoms. The van der Waals surface area contributed by atoms with Crippen molar-refractivity contribution in [2.24, 2.45) is 0 Å². The molecular formula is C13H15F3N4. The van der Waals surface area contributed by atoms with Crippen LogP contribution in [0.3, 0.4) is 0 Å². The minimum Gasteiger partial charge on any atom is -0.398 e. The molecule has 7 heteroatoms. The predicted molar refractivity (Wildman–Crippen MR) is 71.1 cm³/mol. The highest BCUT2D eigenvalue weighted by atomic mass is 19.4. The molecule has 0 saturated heterocycles. The number of halogens is 3. The summed E-state index contributed by atoms with van der Waals surface area (Å²) in [6, 6.07) is 3.60. The number of alkyl halides is 3. The van der Waals surface area contributed by atoms with Gasteiger partial charge in [0.2, 0.25) is 0 Å². The smallest absolute Gasteiger partial charge is 0.398 e. The van der Waals surface area contributed by atoms with Crippen molar-refractivity contribution in [2.45, 2.75) is 25.6 Å². The molecule has 2 rings (SSSR count). The lowest BCUT2D eigenvalue weighted by molar-refractivity contribution is -0.136. The molecule has 0 aliphatic heterocycles. The third-order valence-electron chi connectivity index (χ3n) is 2.96. The maximum atomic E-state index is 12.8. The van der Waals surface area contributed by atoms with E-state index in [1.165, 1.54) is 12.1 Å². The van der Waals surface area contributed by atoms with Gasteiger partial charge in [-0.15, -0.1) is 0 Å². The van der Waals surface area contributed by atoms with Crippen LogP contribution >= 0.6 is 0 Å². The first-order valence-electron chi connectivity index (χ1n) is 6.14. The highest BCUT2D eigenvalue weighted by molar-refractivity contribution is 5.58. The first-order chi connectivity index (χ1) is 9.41. The molecule has 0 bridgehead atoms. The molecule has 0 radical (unpaired) electrons. The number of imidazole rings is 1. The van der Waals surface area contributed by atoms with Crippen molar-refractivity contribution in [3.8, 4) is 0 Å². The topological polar surface area (TPSA) is 66.7 Å². The Morgan fingerprint density at radius 3 is 2.70 bits per heavy atom. The van der Waals surface area contributed by atoms with Crippen LogP contribution in [0.1, 0.15) is 30.8 Å². The van der Waals surface area contributed by atoms with Crippen LogP contribution in [0, 0.1) is 0 Å². The van der Waals surface area contributed by atoms with Crippen molar-refractivity contribution in [1.29, 1.82) is 0 Å². The van der Waals surface area contributed by atoms with E-state index in [2.05, 4.69) is 15.3 Å². The zero-order valence-electron chi connectivity index (χ0n) is 10.8. The Morgan fingerprint density at radius 2 is 2.15 bits per heavy atom. The van der Waals surface area contributed by atoms with Gasteiger partial charge in [-0.1, -0.05) is 6.92 Å². The summed E-state index contributed by atoms with van der Waals surface area (Å²) in [5.74, 6) is 0.679. The highest BCUT2D eigenvalue weighted by Gasteiger charge is 2.33. The van der Waals surface area contributed by atoms with Crippen LogP contribution in [-0.2, 0) is 6.18 Å². The molecule has 1 aromatic heterocycles. The third kappa shape index (κ3) is 3.04. The molecule has 1 heterocycles. The van der Waals surface area contributed by atoms with Crippen LogP contribution in [0.25, 0.3) is 0 Å². The van der Waals surface area contributed by atoms with Gasteiger partial charge < -0.3 is 16.0 Å². The van der Waals surface area contributed by atoms with Gasteiger partial charge in [-0.05, 0) is 24.6 Å². The number of aromatic nitrogens is 2. The van der Waals surface area contributed by atoms with E-state index in [1.54, 1.807) is 12.4 Å². The average molecular weight is 284 g/mol. The molecule has 0 aliphatic rings. The fourth-order valence-corrected chi connectivity index (χ4v) is 1.92. The quantitative estimate of drug-likeness (QED) is 0.752. The van der Waals surface area contributed by atoms with E-state index in [4.69, 9.17) is 5.73 Å². The molecular weight excluding hydrogens is 269 g/mol. The van der Waals surface area contributed by atoms with Crippen molar-refractivity contribution >= 4 is 11.4 Å². The van der Waals surface area contributed by atoms with Crippen LogP contribution in [-0.4, -0.2) is 9.97 Å². The van der Waals surface area contributed by atoms with Crippen LogP contribution in [0.15, 0.2) is 30.6 Å². The second kappa shape index (κ2) is 5.44. The number of nitrogens with zero attached hydrogens (tertiary/aromatic N) is 1. The summed E-state index contributed by atoms with van der Waals surface area (Å²) < 4.78 is 38.4. The lowest BCUT2D eigenvalue weighted by atomic mass is 10.1. The van der Waals surface area contributed by atoms with E-state index in [-0.39, 0.29) is 11.7 Å². The van der Waals surface area contributed by atoms with E-state index in [9.17, 15) is 13.2 Å². The van der Waals surface area contributed by atoms with Gasteiger partial charge in [-0.25, -0.2) is 4.98 Å². The number of nitrogen functional groups attached to an aromatic ring is 1. The number of nitrogens with one attached hydrogen (secondary N) is 2. The summed E-state index contributed by atoms with van der Waals surface area (Å²) in [4.78, 5) is 7.05. The van der Waals surface area contributed by atoms with Gasteiger partial charge in [0.1, 0.15) is 5.82 Å². The zero-order chi connectivity index (χ0) is 14.8. The number of hydrogen-bond acceptors (Lipinski definition) is 3. The van der Waals surface area contributed by atoms with Crippen molar-refractivity contribution in [1.82, 2.24) is 9.97 Å².